The predicted octanol–water partition coefficient (Wildman–Crippen LogP) is 2.44. The van der Waals surface area contributed by atoms with Crippen LogP contribution in [0.2, 0.25) is 0 Å². The topological polar surface area (TPSA) is 57.6 Å². The quantitative estimate of drug-likeness (QED) is 0.844. The summed E-state index contributed by atoms with van der Waals surface area (Å²) in [5.41, 5.74) is 2.01. The van der Waals surface area contributed by atoms with Crippen LogP contribution in [0.25, 0.3) is 0 Å². The van der Waals surface area contributed by atoms with E-state index >= 15 is 0 Å². The summed E-state index contributed by atoms with van der Waals surface area (Å²) in [5, 5.41) is 8.75. The van der Waals surface area contributed by atoms with Crippen LogP contribution in [-0.2, 0) is 16.0 Å². The fraction of sp³-hybridized carbons (Fsp3) is 0.385. The molecule has 1 aromatic rings. The zero-order valence-electron chi connectivity index (χ0n) is 9.86. The van der Waals surface area contributed by atoms with E-state index in [1.54, 1.807) is 4.90 Å². The van der Waals surface area contributed by atoms with E-state index in [1.807, 2.05) is 12.1 Å². The number of anilines is 1. The Hall–Kier alpha value is -1.11. The number of aliphatic carboxylic acids is 1. The van der Waals surface area contributed by atoms with E-state index in [0.717, 1.165) is 27.7 Å². The fourth-order valence-electron chi connectivity index (χ4n) is 2.17. The SMILES string of the molecule is O=C(O)CCN1C(=O)CCCc2cc(I)ccc21. The highest BCUT2D eigenvalue weighted by molar-refractivity contribution is 14.1. The van der Waals surface area contributed by atoms with Gasteiger partial charge in [0.25, 0.3) is 0 Å². The Bertz CT molecular complexity index is 487. The van der Waals surface area contributed by atoms with E-state index in [9.17, 15) is 9.59 Å². The number of carbonyl (C=O) groups is 2. The highest BCUT2D eigenvalue weighted by Gasteiger charge is 2.22. The van der Waals surface area contributed by atoms with Crippen molar-refractivity contribution < 1.29 is 14.7 Å². The molecule has 0 fully saturated rings. The first-order chi connectivity index (χ1) is 8.58. The molecule has 1 aliphatic rings. The molecule has 1 aliphatic heterocycles. The van der Waals surface area contributed by atoms with Crippen LogP contribution >= 0.6 is 22.6 Å². The summed E-state index contributed by atoms with van der Waals surface area (Å²) >= 11 is 2.25. The van der Waals surface area contributed by atoms with E-state index in [0.29, 0.717) is 6.42 Å². The number of hydrogen-bond donors (Lipinski definition) is 1. The van der Waals surface area contributed by atoms with Gasteiger partial charge in [0.05, 0.1) is 6.42 Å². The van der Waals surface area contributed by atoms with Crippen molar-refractivity contribution >= 4 is 40.2 Å². The summed E-state index contributed by atoms with van der Waals surface area (Å²) in [4.78, 5) is 24.3. The predicted molar refractivity (Wildman–Crippen MR) is 76.7 cm³/mol. The normalized spacial score (nSPS) is 15.2. The van der Waals surface area contributed by atoms with Crippen LogP contribution in [0, 0.1) is 3.57 Å². The maximum atomic E-state index is 12.0. The van der Waals surface area contributed by atoms with Crippen molar-refractivity contribution in [2.24, 2.45) is 0 Å². The van der Waals surface area contributed by atoms with Crippen molar-refractivity contribution in [2.45, 2.75) is 25.7 Å². The molecule has 0 unspecified atom stereocenters. The second kappa shape index (κ2) is 5.69. The Labute approximate surface area is 119 Å². The van der Waals surface area contributed by atoms with E-state index in [4.69, 9.17) is 5.11 Å². The van der Waals surface area contributed by atoms with E-state index in [2.05, 4.69) is 28.7 Å². The van der Waals surface area contributed by atoms with Crippen molar-refractivity contribution in [1.29, 1.82) is 0 Å². The van der Waals surface area contributed by atoms with Gasteiger partial charge in [0.15, 0.2) is 0 Å². The highest BCUT2D eigenvalue weighted by atomic mass is 127. The van der Waals surface area contributed by atoms with Gasteiger partial charge in [-0.1, -0.05) is 0 Å². The number of rotatable bonds is 3. The van der Waals surface area contributed by atoms with Gasteiger partial charge in [0.1, 0.15) is 0 Å². The van der Waals surface area contributed by atoms with Gasteiger partial charge in [-0.3, -0.25) is 9.59 Å². The van der Waals surface area contributed by atoms with E-state index in [-0.39, 0.29) is 18.9 Å². The second-order valence-electron chi connectivity index (χ2n) is 4.32. The number of aryl methyl sites for hydroxylation is 1. The Morgan fingerprint density at radius 1 is 1.39 bits per heavy atom. The first kappa shape index (κ1) is 13.3. The molecule has 4 nitrogen and oxygen atoms in total. The van der Waals surface area contributed by atoms with E-state index < -0.39 is 5.97 Å². The lowest BCUT2D eigenvalue weighted by atomic mass is 10.1. The molecular formula is C13H14INO3. The molecule has 1 aromatic carbocycles. The molecule has 0 saturated heterocycles. The van der Waals surface area contributed by atoms with Crippen molar-refractivity contribution in [3.8, 4) is 0 Å². The molecule has 1 amide bonds. The van der Waals surface area contributed by atoms with Gasteiger partial charge in [-0.2, -0.15) is 0 Å². The number of carbonyl (C=O) groups excluding carboxylic acids is 1. The molecule has 5 heteroatoms. The Kier molecular flexibility index (Phi) is 4.21. The molecule has 0 saturated carbocycles. The second-order valence-corrected chi connectivity index (χ2v) is 5.56. The molecule has 0 aromatic heterocycles. The summed E-state index contributed by atoms with van der Waals surface area (Å²) in [6, 6.07) is 5.94. The minimum Gasteiger partial charge on any atom is -0.481 e. The molecule has 0 radical (unpaired) electrons. The van der Waals surface area contributed by atoms with E-state index in [1.165, 1.54) is 0 Å². The minimum absolute atomic E-state index is 0.0167. The van der Waals surface area contributed by atoms with Crippen molar-refractivity contribution in [3.05, 3.63) is 27.3 Å². The fourth-order valence-corrected chi connectivity index (χ4v) is 2.73. The molecule has 0 bridgehead atoms. The third-order valence-corrected chi connectivity index (χ3v) is 3.69. The van der Waals surface area contributed by atoms with Gasteiger partial charge in [0.2, 0.25) is 5.91 Å². The largest absolute Gasteiger partial charge is 0.481 e. The average molecular weight is 359 g/mol. The molecule has 2 rings (SSSR count). The van der Waals surface area contributed by atoms with Crippen molar-refractivity contribution in [1.82, 2.24) is 0 Å². The molecular weight excluding hydrogens is 345 g/mol. The van der Waals surface area contributed by atoms with Crippen LogP contribution in [0.4, 0.5) is 5.69 Å². The third-order valence-electron chi connectivity index (χ3n) is 3.02. The molecule has 0 aliphatic carbocycles. The number of fused-ring (bicyclic) bond motifs is 1. The Morgan fingerprint density at radius 2 is 2.17 bits per heavy atom. The average Bonchev–Trinajstić information content (AvgIpc) is 2.45. The molecule has 18 heavy (non-hydrogen) atoms. The number of carboxylic acid groups (broad SMARTS) is 1. The highest BCUT2D eigenvalue weighted by Crippen LogP contribution is 2.28. The first-order valence-electron chi connectivity index (χ1n) is 5.88. The van der Waals surface area contributed by atoms with Crippen molar-refractivity contribution in [2.75, 3.05) is 11.4 Å². The lowest BCUT2D eigenvalue weighted by Gasteiger charge is -2.22. The van der Waals surface area contributed by atoms with Crippen LogP contribution in [-0.4, -0.2) is 23.5 Å². The number of amides is 1. The molecule has 0 atom stereocenters. The summed E-state index contributed by atoms with van der Waals surface area (Å²) in [6.45, 7) is 0.252. The molecule has 0 spiro atoms. The van der Waals surface area contributed by atoms with Gasteiger partial charge in [-0.05, 0) is 59.2 Å². The third kappa shape index (κ3) is 3.01. The van der Waals surface area contributed by atoms with Crippen LogP contribution in [0.1, 0.15) is 24.8 Å². The zero-order chi connectivity index (χ0) is 13.1. The van der Waals surface area contributed by atoms with Gasteiger partial charge in [-0.15, -0.1) is 0 Å². The summed E-state index contributed by atoms with van der Waals surface area (Å²) < 4.78 is 1.14. The van der Waals surface area contributed by atoms with Gasteiger partial charge in [0, 0.05) is 22.2 Å². The molecule has 96 valence electrons. The maximum Gasteiger partial charge on any atom is 0.305 e. The molecule has 1 N–H and O–H groups in total. The number of hydrogen-bond acceptors (Lipinski definition) is 2. The number of halogens is 1. The smallest absolute Gasteiger partial charge is 0.305 e. The van der Waals surface area contributed by atoms with Crippen LogP contribution < -0.4 is 4.90 Å². The Balaban J connectivity index is 2.31. The summed E-state index contributed by atoms with van der Waals surface area (Å²) in [6.07, 6.45) is 2.18. The number of nitrogens with zero attached hydrogens (tertiary/aromatic N) is 1. The van der Waals surface area contributed by atoms with Gasteiger partial charge in [-0.25, -0.2) is 0 Å². The van der Waals surface area contributed by atoms with Crippen LogP contribution in [0.3, 0.4) is 0 Å². The van der Waals surface area contributed by atoms with Crippen LogP contribution in [0.15, 0.2) is 18.2 Å². The summed E-state index contributed by atoms with van der Waals surface area (Å²) in [7, 11) is 0. The Morgan fingerprint density at radius 3 is 2.89 bits per heavy atom. The number of benzene rings is 1. The van der Waals surface area contributed by atoms with Crippen LogP contribution in [0.5, 0.6) is 0 Å². The lowest BCUT2D eigenvalue weighted by Crippen LogP contribution is -2.32. The summed E-state index contributed by atoms with van der Waals surface area (Å²) in [5.74, 6) is -0.852. The number of carboxylic acids is 1. The zero-order valence-corrected chi connectivity index (χ0v) is 12.0. The van der Waals surface area contributed by atoms with Gasteiger partial charge >= 0.3 is 5.97 Å². The van der Waals surface area contributed by atoms with Gasteiger partial charge < -0.3 is 10.0 Å². The lowest BCUT2D eigenvalue weighted by molar-refractivity contribution is -0.136. The monoisotopic (exact) mass is 359 g/mol. The first-order valence-corrected chi connectivity index (χ1v) is 6.96. The standard InChI is InChI=1S/C13H14INO3/c14-10-4-5-11-9(8-10)2-1-3-12(16)15(11)7-6-13(17)18/h4-5,8H,1-3,6-7H2,(H,17,18). The minimum atomic E-state index is -0.876. The van der Waals surface area contributed by atoms with Crippen molar-refractivity contribution in [3.63, 3.8) is 0 Å². The molecule has 1 heterocycles. The maximum absolute atomic E-state index is 12.0.